The second-order valence-corrected chi connectivity index (χ2v) is 14.9. The Balaban J connectivity index is 1.04. The van der Waals surface area contributed by atoms with E-state index in [1.54, 1.807) is 0 Å². The van der Waals surface area contributed by atoms with E-state index < -0.39 is 0 Å². The molecule has 2 nitrogen and oxygen atoms in total. The standard InChI is InChI=1S/C52H36O2/c1-32-41-22-19-37(28-48(41)47-27-36(33-11-5-2-6-12-33)17-18-40(47)29-46(32)35-15-9-4-10-16-35)39-21-24-43-45-26-25-44-42-23-20-38(34-13-7-3-8-14-34)30-49(42)53-51(44)52(45)54-50(43)31-39/h2-28,30-32,46H,29H2,1H3. The maximum Gasteiger partial charge on any atom is 0.178 e. The molecule has 0 amide bonds. The summed E-state index contributed by atoms with van der Waals surface area (Å²) in [5, 5.41) is 4.32. The number of rotatable bonds is 4. The van der Waals surface area contributed by atoms with Crippen molar-refractivity contribution in [3.63, 3.8) is 0 Å². The molecule has 0 fully saturated rings. The van der Waals surface area contributed by atoms with Gasteiger partial charge in [0.15, 0.2) is 11.2 Å². The van der Waals surface area contributed by atoms with Crippen molar-refractivity contribution < 1.29 is 8.83 Å². The van der Waals surface area contributed by atoms with Gasteiger partial charge in [-0.1, -0.05) is 134 Å². The maximum absolute atomic E-state index is 6.71. The van der Waals surface area contributed by atoms with Crippen LogP contribution in [-0.4, -0.2) is 0 Å². The largest absolute Gasteiger partial charge is 0.452 e. The van der Waals surface area contributed by atoms with Crippen LogP contribution in [0.3, 0.4) is 0 Å². The summed E-state index contributed by atoms with van der Waals surface area (Å²) < 4.78 is 13.3. The molecule has 0 saturated carbocycles. The van der Waals surface area contributed by atoms with Gasteiger partial charge >= 0.3 is 0 Å². The summed E-state index contributed by atoms with van der Waals surface area (Å²) in [4.78, 5) is 0. The van der Waals surface area contributed by atoms with Gasteiger partial charge in [-0.25, -0.2) is 0 Å². The molecule has 1 aliphatic rings. The summed E-state index contributed by atoms with van der Waals surface area (Å²) in [6.07, 6.45) is 0.994. The Morgan fingerprint density at radius 3 is 1.48 bits per heavy atom. The van der Waals surface area contributed by atoms with Gasteiger partial charge in [-0.05, 0) is 128 Å². The zero-order valence-corrected chi connectivity index (χ0v) is 29.9. The quantitative estimate of drug-likeness (QED) is 0.184. The molecule has 0 spiro atoms. The molecule has 1 aliphatic carbocycles. The molecule has 0 radical (unpaired) electrons. The van der Waals surface area contributed by atoms with Crippen molar-refractivity contribution in [2.24, 2.45) is 0 Å². The highest BCUT2D eigenvalue weighted by molar-refractivity contribution is 6.19. The number of benzene rings is 8. The van der Waals surface area contributed by atoms with E-state index in [4.69, 9.17) is 8.83 Å². The van der Waals surface area contributed by atoms with Crippen LogP contribution < -0.4 is 0 Å². The SMILES string of the molecule is CC1c2ccc(-c3ccc4c(c3)oc3c4ccc4c5ccc(-c6ccccc6)cc5oc43)cc2-c2cc(-c3ccccc3)ccc2CC1c1ccccc1. The molecule has 2 heteroatoms. The summed E-state index contributed by atoms with van der Waals surface area (Å²) in [7, 11) is 0. The predicted octanol–water partition coefficient (Wildman–Crippen LogP) is 14.6. The third-order valence-electron chi connectivity index (χ3n) is 11.8. The Morgan fingerprint density at radius 2 is 0.870 bits per heavy atom. The van der Waals surface area contributed by atoms with E-state index >= 15 is 0 Å². The highest BCUT2D eigenvalue weighted by atomic mass is 16.4. The fourth-order valence-electron chi connectivity index (χ4n) is 8.98. The van der Waals surface area contributed by atoms with Crippen LogP contribution >= 0.6 is 0 Å². The first-order valence-electron chi connectivity index (χ1n) is 18.9. The molecule has 256 valence electrons. The monoisotopic (exact) mass is 692 g/mol. The van der Waals surface area contributed by atoms with Crippen molar-refractivity contribution in [3.05, 3.63) is 193 Å². The Morgan fingerprint density at radius 1 is 0.407 bits per heavy atom. The molecule has 2 atom stereocenters. The first-order chi connectivity index (χ1) is 26.7. The average molecular weight is 693 g/mol. The van der Waals surface area contributed by atoms with Gasteiger partial charge in [-0.3, -0.25) is 0 Å². The highest BCUT2D eigenvalue weighted by Crippen LogP contribution is 2.48. The predicted molar refractivity (Wildman–Crippen MR) is 224 cm³/mol. The van der Waals surface area contributed by atoms with Crippen LogP contribution in [0.1, 0.15) is 35.4 Å². The molecule has 11 rings (SSSR count). The summed E-state index contributed by atoms with van der Waals surface area (Å²) in [6.45, 7) is 2.40. The molecule has 10 aromatic rings. The van der Waals surface area contributed by atoms with Gasteiger partial charge in [0, 0.05) is 21.5 Å². The lowest BCUT2D eigenvalue weighted by Gasteiger charge is -2.24. The van der Waals surface area contributed by atoms with E-state index in [0.717, 1.165) is 61.4 Å². The van der Waals surface area contributed by atoms with E-state index in [2.05, 4.69) is 177 Å². The lowest BCUT2D eigenvalue weighted by Crippen LogP contribution is -2.10. The van der Waals surface area contributed by atoms with Crippen LogP contribution in [0.15, 0.2) is 185 Å². The maximum atomic E-state index is 6.71. The minimum absolute atomic E-state index is 0.344. The molecule has 2 heterocycles. The zero-order chi connectivity index (χ0) is 35.8. The van der Waals surface area contributed by atoms with E-state index in [9.17, 15) is 0 Å². The van der Waals surface area contributed by atoms with Crippen molar-refractivity contribution in [3.8, 4) is 44.5 Å². The molecular weight excluding hydrogens is 657 g/mol. The van der Waals surface area contributed by atoms with Crippen LogP contribution in [0.4, 0.5) is 0 Å². The summed E-state index contributed by atoms with van der Waals surface area (Å²) in [5.74, 6) is 0.725. The summed E-state index contributed by atoms with van der Waals surface area (Å²) in [6, 6.07) is 63.9. The average Bonchev–Trinajstić information content (AvgIpc) is 3.78. The van der Waals surface area contributed by atoms with Crippen molar-refractivity contribution >= 4 is 43.9 Å². The molecular formula is C52H36O2. The molecule has 54 heavy (non-hydrogen) atoms. The first kappa shape index (κ1) is 30.9. The fourth-order valence-corrected chi connectivity index (χ4v) is 8.98. The minimum atomic E-state index is 0.344. The number of hydrogen-bond acceptors (Lipinski definition) is 2. The van der Waals surface area contributed by atoms with Gasteiger partial charge < -0.3 is 8.83 Å². The molecule has 0 saturated heterocycles. The normalized spacial score (nSPS) is 15.4. The van der Waals surface area contributed by atoms with E-state index in [0.29, 0.717) is 11.8 Å². The second-order valence-electron chi connectivity index (χ2n) is 14.9. The lowest BCUT2D eigenvalue weighted by molar-refractivity contribution is 0.579. The molecule has 0 N–H and O–H groups in total. The third-order valence-corrected chi connectivity index (χ3v) is 11.8. The van der Waals surface area contributed by atoms with E-state index in [1.165, 1.54) is 50.1 Å². The molecule has 2 unspecified atom stereocenters. The number of furan rings is 2. The smallest absolute Gasteiger partial charge is 0.178 e. The molecule has 8 aromatic carbocycles. The van der Waals surface area contributed by atoms with E-state index in [-0.39, 0.29) is 0 Å². The van der Waals surface area contributed by atoms with Crippen LogP contribution in [-0.2, 0) is 6.42 Å². The van der Waals surface area contributed by atoms with Crippen LogP contribution in [0.25, 0.3) is 88.4 Å². The zero-order valence-electron chi connectivity index (χ0n) is 29.9. The molecule has 0 aliphatic heterocycles. The Bertz CT molecular complexity index is 3020. The highest BCUT2D eigenvalue weighted by Gasteiger charge is 2.29. The van der Waals surface area contributed by atoms with Crippen molar-refractivity contribution in [1.29, 1.82) is 0 Å². The van der Waals surface area contributed by atoms with Gasteiger partial charge in [0.1, 0.15) is 11.2 Å². The van der Waals surface area contributed by atoms with Crippen LogP contribution in [0.2, 0.25) is 0 Å². The van der Waals surface area contributed by atoms with E-state index in [1.807, 2.05) is 6.07 Å². The Kier molecular flexibility index (Phi) is 7.00. The Labute approximate surface area is 313 Å². The molecule has 2 aromatic heterocycles. The fraction of sp³-hybridized carbons (Fsp3) is 0.0769. The second kappa shape index (κ2) is 12.2. The van der Waals surface area contributed by atoms with Gasteiger partial charge in [0.25, 0.3) is 0 Å². The van der Waals surface area contributed by atoms with Gasteiger partial charge in [0.2, 0.25) is 0 Å². The summed E-state index contributed by atoms with van der Waals surface area (Å²) in [5.41, 5.74) is 17.2. The van der Waals surface area contributed by atoms with Crippen molar-refractivity contribution in [1.82, 2.24) is 0 Å². The number of fused-ring (bicyclic) bond motifs is 10. The van der Waals surface area contributed by atoms with Gasteiger partial charge in [0.05, 0.1) is 0 Å². The summed E-state index contributed by atoms with van der Waals surface area (Å²) >= 11 is 0. The third kappa shape index (κ3) is 4.94. The number of hydrogen-bond donors (Lipinski definition) is 0. The van der Waals surface area contributed by atoms with Crippen molar-refractivity contribution in [2.45, 2.75) is 25.2 Å². The molecule has 0 bridgehead atoms. The van der Waals surface area contributed by atoms with Crippen LogP contribution in [0.5, 0.6) is 0 Å². The van der Waals surface area contributed by atoms with Gasteiger partial charge in [-0.2, -0.15) is 0 Å². The van der Waals surface area contributed by atoms with Crippen LogP contribution in [0, 0.1) is 0 Å². The lowest BCUT2D eigenvalue weighted by atomic mass is 9.80. The van der Waals surface area contributed by atoms with Crippen molar-refractivity contribution in [2.75, 3.05) is 0 Å². The minimum Gasteiger partial charge on any atom is -0.452 e. The topological polar surface area (TPSA) is 26.3 Å². The Hall–Kier alpha value is -6.64. The van der Waals surface area contributed by atoms with Gasteiger partial charge in [-0.15, -0.1) is 0 Å². The first-order valence-corrected chi connectivity index (χ1v) is 18.9.